The Balaban J connectivity index is 1.66. The predicted octanol–water partition coefficient (Wildman–Crippen LogP) is -0.616. The van der Waals surface area contributed by atoms with Crippen LogP contribution in [0, 0.1) is 5.92 Å². The zero-order valence-electron chi connectivity index (χ0n) is 16.8. The van der Waals surface area contributed by atoms with Crippen LogP contribution in [0.25, 0.3) is 0 Å². The van der Waals surface area contributed by atoms with Crippen molar-refractivity contribution in [2.45, 2.75) is 56.4 Å². The molecule has 0 bridgehead atoms. The topological polar surface area (TPSA) is 107 Å². The van der Waals surface area contributed by atoms with Gasteiger partial charge < -0.3 is 15.1 Å². The van der Waals surface area contributed by atoms with E-state index in [4.69, 9.17) is 0 Å². The third-order valence-electron chi connectivity index (χ3n) is 6.34. The van der Waals surface area contributed by atoms with E-state index in [0.717, 1.165) is 6.42 Å². The summed E-state index contributed by atoms with van der Waals surface area (Å²) in [4.78, 5) is 40.3. The molecular formula is C18H30N4O5S. The van der Waals surface area contributed by atoms with E-state index in [-0.39, 0.29) is 30.3 Å². The van der Waals surface area contributed by atoms with Gasteiger partial charge in [-0.2, -0.15) is 0 Å². The van der Waals surface area contributed by atoms with Gasteiger partial charge >= 0.3 is 0 Å². The first-order chi connectivity index (χ1) is 13.1. The average molecular weight is 415 g/mol. The second-order valence-corrected chi connectivity index (χ2v) is 10.5. The summed E-state index contributed by atoms with van der Waals surface area (Å²) in [6, 6.07) is -0.703. The molecule has 1 N–H and O–H groups in total. The van der Waals surface area contributed by atoms with Crippen LogP contribution in [0.2, 0.25) is 0 Å². The number of amides is 3. The lowest BCUT2D eigenvalue weighted by molar-refractivity contribution is -0.136. The van der Waals surface area contributed by atoms with Gasteiger partial charge in [0.1, 0.15) is 6.04 Å². The Labute approximate surface area is 166 Å². The van der Waals surface area contributed by atoms with Crippen molar-refractivity contribution < 1.29 is 22.8 Å². The van der Waals surface area contributed by atoms with Gasteiger partial charge in [-0.05, 0) is 31.6 Å². The molecule has 158 valence electrons. The van der Waals surface area contributed by atoms with Gasteiger partial charge in [0, 0.05) is 46.2 Å². The fourth-order valence-electron chi connectivity index (χ4n) is 4.41. The van der Waals surface area contributed by atoms with E-state index in [9.17, 15) is 22.8 Å². The third kappa shape index (κ3) is 3.89. The summed E-state index contributed by atoms with van der Waals surface area (Å²) >= 11 is 0. The van der Waals surface area contributed by atoms with Gasteiger partial charge in [0.05, 0.1) is 0 Å². The Morgan fingerprint density at radius 3 is 2.43 bits per heavy atom. The molecular weight excluding hydrogens is 384 g/mol. The molecule has 9 nitrogen and oxygen atoms in total. The number of nitrogens with zero attached hydrogens (tertiary/aromatic N) is 3. The van der Waals surface area contributed by atoms with Crippen molar-refractivity contribution in [1.82, 2.24) is 19.4 Å². The Kier molecular flexibility index (Phi) is 6.00. The summed E-state index contributed by atoms with van der Waals surface area (Å²) in [6.45, 7) is 3.22. The monoisotopic (exact) mass is 414 g/mol. The normalized spacial score (nSPS) is 33.3. The number of sulfonamides is 1. The first kappa shape index (κ1) is 21.0. The number of nitrogens with one attached hydrogen (secondary N) is 1. The molecule has 4 atom stereocenters. The predicted molar refractivity (Wildman–Crippen MR) is 103 cm³/mol. The number of piperidine rings is 1. The van der Waals surface area contributed by atoms with E-state index in [2.05, 4.69) is 12.2 Å². The number of likely N-dealkylation sites (tertiary alicyclic amines) is 2. The molecule has 1 unspecified atom stereocenters. The van der Waals surface area contributed by atoms with Crippen LogP contribution < -0.4 is 5.32 Å². The average Bonchev–Trinajstić information content (AvgIpc) is 3.11. The van der Waals surface area contributed by atoms with Crippen molar-refractivity contribution in [2.24, 2.45) is 5.92 Å². The zero-order chi connectivity index (χ0) is 20.6. The van der Waals surface area contributed by atoms with Crippen molar-refractivity contribution in [3.05, 3.63) is 0 Å². The lowest BCUT2D eigenvalue weighted by Crippen LogP contribution is -2.55. The van der Waals surface area contributed by atoms with E-state index in [1.54, 1.807) is 11.9 Å². The van der Waals surface area contributed by atoms with Gasteiger partial charge in [-0.15, -0.1) is 0 Å². The summed E-state index contributed by atoms with van der Waals surface area (Å²) in [7, 11) is -0.476. The van der Waals surface area contributed by atoms with Crippen LogP contribution in [-0.4, -0.2) is 91.3 Å². The minimum atomic E-state index is -3.60. The zero-order valence-corrected chi connectivity index (χ0v) is 17.6. The quantitative estimate of drug-likeness (QED) is 0.660. The summed E-state index contributed by atoms with van der Waals surface area (Å²) in [5.41, 5.74) is 0. The van der Waals surface area contributed by atoms with Crippen LogP contribution in [-0.2, 0) is 24.4 Å². The van der Waals surface area contributed by atoms with Gasteiger partial charge in [0.15, 0.2) is 5.25 Å². The third-order valence-corrected chi connectivity index (χ3v) is 8.55. The number of carbonyl (C=O) groups excluding carboxylic acids is 3. The van der Waals surface area contributed by atoms with Crippen LogP contribution in [0.4, 0.5) is 0 Å². The highest BCUT2D eigenvalue weighted by Gasteiger charge is 2.45. The number of hydrogen-bond donors (Lipinski definition) is 1. The van der Waals surface area contributed by atoms with Crippen LogP contribution in [0.5, 0.6) is 0 Å². The van der Waals surface area contributed by atoms with Crippen molar-refractivity contribution in [3.63, 3.8) is 0 Å². The Morgan fingerprint density at radius 2 is 1.86 bits per heavy atom. The molecule has 10 heteroatoms. The van der Waals surface area contributed by atoms with Gasteiger partial charge in [-0.3, -0.25) is 14.4 Å². The smallest absolute Gasteiger partial charge is 0.242 e. The molecule has 0 aromatic rings. The molecule has 0 spiro atoms. The molecule has 0 saturated carbocycles. The Hall–Kier alpha value is -1.68. The highest BCUT2D eigenvalue weighted by molar-refractivity contribution is 7.90. The van der Waals surface area contributed by atoms with Gasteiger partial charge in [-0.25, -0.2) is 12.7 Å². The number of likely N-dealkylation sites (N-methyl/N-ethyl adjacent to an activating group) is 1. The molecule has 3 rings (SSSR count). The Morgan fingerprint density at radius 1 is 1.14 bits per heavy atom. The van der Waals surface area contributed by atoms with Crippen LogP contribution >= 0.6 is 0 Å². The van der Waals surface area contributed by atoms with E-state index in [1.165, 1.54) is 16.3 Å². The van der Waals surface area contributed by atoms with Crippen LogP contribution in [0.3, 0.4) is 0 Å². The summed E-state index contributed by atoms with van der Waals surface area (Å²) in [5, 5.41) is 1.86. The molecule has 3 aliphatic heterocycles. The molecule has 3 heterocycles. The minimum Gasteiger partial charge on any atom is -0.352 e. The first-order valence-corrected chi connectivity index (χ1v) is 11.4. The van der Waals surface area contributed by atoms with Crippen LogP contribution in [0.15, 0.2) is 0 Å². The number of hydrogen-bond acceptors (Lipinski definition) is 5. The summed E-state index contributed by atoms with van der Waals surface area (Å²) in [5.74, 6) is -0.223. The lowest BCUT2D eigenvalue weighted by atomic mass is 9.91. The molecule has 0 aromatic carbocycles. The SMILES string of the molecule is C[C@@H]1CCN(C(=O)C2CCN(C)S2(=O)=O)[C@H](CNC(=O)[C@H]2CCC(=O)N2C)C1. The largest absolute Gasteiger partial charge is 0.352 e. The fourth-order valence-corrected chi connectivity index (χ4v) is 6.00. The molecule has 0 radical (unpaired) electrons. The van der Waals surface area contributed by atoms with Crippen molar-refractivity contribution in [1.29, 1.82) is 0 Å². The maximum Gasteiger partial charge on any atom is 0.242 e. The van der Waals surface area contributed by atoms with Gasteiger partial charge in [0.2, 0.25) is 27.7 Å². The molecule has 3 aliphatic rings. The maximum atomic E-state index is 13.0. The van der Waals surface area contributed by atoms with Crippen LogP contribution in [0.1, 0.15) is 39.0 Å². The van der Waals surface area contributed by atoms with Gasteiger partial charge in [0.25, 0.3) is 0 Å². The maximum absolute atomic E-state index is 13.0. The first-order valence-electron chi connectivity index (χ1n) is 9.92. The molecule has 0 aromatic heterocycles. The molecule has 3 fully saturated rings. The van der Waals surface area contributed by atoms with E-state index < -0.39 is 21.3 Å². The second-order valence-electron chi connectivity index (χ2n) is 8.26. The summed E-state index contributed by atoms with van der Waals surface area (Å²) < 4.78 is 26.1. The van der Waals surface area contributed by atoms with Crippen molar-refractivity contribution >= 4 is 27.7 Å². The highest BCUT2D eigenvalue weighted by atomic mass is 32.2. The lowest BCUT2D eigenvalue weighted by Gasteiger charge is -2.40. The molecule has 28 heavy (non-hydrogen) atoms. The second kappa shape index (κ2) is 7.98. The fraction of sp³-hybridized carbons (Fsp3) is 0.833. The van der Waals surface area contributed by atoms with E-state index in [0.29, 0.717) is 44.7 Å². The van der Waals surface area contributed by atoms with E-state index >= 15 is 0 Å². The number of rotatable bonds is 4. The molecule has 3 amide bonds. The van der Waals surface area contributed by atoms with Crippen molar-refractivity contribution in [2.75, 3.05) is 33.7 Å². The van der Waals surface area contributed by atoms with E-state index in [1.807, 2.05) is 0 Å². The highest BCUT2D eigenvalue weighted by Crippen LogP contribution is 2.28. The Bertz CT molecular complexity index is 755. The molecule has 0 aliphatic carbocycles. The summed E-state index contributed by atoms with van der Waals surface area (Å²) in [6.07, 6.45) is 2.70. The molecule has 3 saturated heterocycles. The number of carbonyl (C=O) groups is 3. The standard InChI is InChI=1S/C18H30N4O5S/c1-12-6-9-22(18(25)15-7-8-20(2)28(15,26)27)13(10-12)11-19-17(24)14-4-5-16(23)21(14)3/h12-15H,4-11H2,1-3H3,(H,19,24)/t12-,13+,14-,15?/m1/s1. The minimum absolute atomic E-state index is 0.0428. The van der Waals surface area contributed by atoms with Gasteiger partial charge in [-0.1, -0.05) is 6.92 Å². The van der Waals surface area contributed by atoms with Crippen molar-refractivity contribution in [3.8, 4) is 0 Å².